The van der Waals surface area contributed by atoms with Gasteiger partial charge in [-0.3, -0.25) is 0 Å². The van der Waals surface area contributed by atoms with E-state index >= 15 is 0 Å². The van der Waals surface area contributed by atoms with Crippen molar-refractivity contribution in [3.8, 4) is 0 Å². The van der Waals surface area contributed by atoms with E-state index in [9.17, 15) is 9.18 Å². The van der Waals surface area contributed by atoms with E-state index in [1.165, 1.54) is 0 Å². The Morgan fingerprint density at radius 2 is 2.33 bits per heavy atom. The largest absolute Gasteiger partial charge is 0.460 e. The zero-order chi connectivity index (χ0) is 17.0. The van der Waals surface area contributed by atoms with E-state index in [0.29, 0.717) is 27.8 Å². The van der Waals surface area contributed by atoms with Crippen LogP contribution in [0, 0.1) is 12.7 Å². The van der Waals surface area contributed by atoms with Gasteiger partial charge >= 0.3 is 5.97 Å². The molecule has 0 amide bonds. The first kappa shape index (κ1) is 15.7. The van der Waals surface area contributed by atoms with Crippen molar-refractivity contribution in [3.05, 3.63) is 27.7 Å². The molecule has 24 heavy (non-hydrogen) atoms. The number of anilines is 1. The SMILES string of the molecule is CCOC(=O)c1nc(N2CC3NCC32)c2cc(C)c(Br)c(F)c2n1. The van der Waals surface area contributed by atoms with Gasteiger partial charge in [0.25, 0.3) is 0 Å². The minimum atomic E-state index is -0.638. The van der Waals surface area contributed by atoms with Gasteiger partial charge in [-0.1, -0.05) is 0 Å². The first-order valence-corrected chi connectivity index (χ1v) is 8.64. The van der Waals surface area contributed by atoms with Crippen LogP contribution in [0.25, 0.3) is 10.9 Å². The second-order valence-corrected chi connectivity index (χ2v) is 6.84. The molecule has 0 aliphatic carbocycles. The number of aryl methyl sites for hydroxylation is 1. The van der Waals surface area contributed by atoms with Crippen LogP contribution in [0.4, 0.5) is 10.2 Å². The maximum Gasteiger partial charge on any atom is 0.376 e. The summed E-state index contributed by atoms with van der Waals surface area (Å²) in [5.41, 5.74) is 0.897. The molecule has 4 rings (SSSR count). The third-order valence-corrected chi connectivity index (χ3v) is 5.58. The first-order valence-electron chi connectivity index (χ1n) is 7.84. The number of ether oxygens (including phenoxy) is 1. The number of aromatic nitrogens is 2. The van der Waals surface area contributed by atoms with Crippen molar-refractivity contribution in [2.24, 2.45) is 0 Å². The van der Waals surface area contributed by atoms with Gasteiger partial charge in [0.1, 0.15) is 11.3 Å². The second kappa shape index (κ2) is 5.63. The molecule has 2 atom stereocenters. The number of benzene rings is 1. The predicted octanol–water partition coefficient (Wildman–Crippen LogP) is 2.18. The Hall–Kier alpha value is -1.80. The average molecular weight is 395 g/mol. The number of nitrogens with zero attached hydrogens (tertiary/aromatic N) is 3. The average Bonchev–Trinajstić information content (AvgIpc) is 2.55. The molecule has 6 nitrogen and oxygen atoms in total. The predicted molar refractivity (Wildman–Crippen MR) is 90.8 cm³/mol. The molecule has 0 spiro atoms. The molecule has 2 unspecified atom stereocenters. The summed E-state index contributed by atoms with van der Waals surface area (Å²) in [4.78, 5) is 22.7. The van der Waals surface area contributed by atoms with E-state index < -0.39 is 11.8 Å². The molecular formula is C16H16BrFN4O2. The summed E-state index contributed by atoms with van der Waals surface area (Å²) in [5.74, 6) is -0.631. The molecule has 2 fully saturated rings. The fourth-order valence-electron chi connectivity index (χ4n) is 3.18. The molecule has 0 radical (unpaired) electrons. The van der Waals surface area contributed by atoms with Gasteiger partial charge in [-0.15, -0.1) is 0 Å². The van der Waals surface area contributed by atoms with Gasteiger partial charge in [0, 0.05) is 24.5 Å². The first-order chi connectivity index (χ1) is 11.5. The van der Waals surface area contributed by atoms with Crippen molar-refractivity contribution < 1.29 is 13.9 Å². The summed E-state index contributed by atoms with van der Waals surface area (Å²) in [7, 11) is 0. The lowest BCUT2D eigenvalue weighted by atomic mass is 9.88. The third-order valence-electron chi connectivity index (χ3n) is 4.61. The molecule has 0 saturated carbocycles. The van der Waals surface area contributed by atoms with E-state index in [0.717, 1.165) is 18.7 Å². The van der Waals surface area contributed by atoms with Gasteiger partial charge in [0.2, 0.25) is 5.82 Å². The minimum Gasteiger partial charge on any atom is -0.460 e. The van der Waals surface area contributed by atoms with Crippen LogP contribution in [-0.2, 0) is 4.74 Å². The number of esters is 1. The summed E-state index contributed by atoms with van der Waals surface area (Å²) >= 11 is 3.24. The zero-order valence-electron chi connectivity index (χ0n) is 13.3. The Kier molecular flexibility index (Phi) is 3.69. The van der Waals surface area contributed by atoms with Gasteiger partial charge in [-0.25, -0.2) is 19.2 Å². The normalized spacial score (nSPS) is 21.9. The molecule has 8 heteroatoms. The number of carbonyl (C=O) groups excluding carboxylic acids is 1. The van der Waals surface area contributed by atoms with Crippen LogP contribution < -0.4 is 10.2 Å². The fraction of sp³-hybridized carbons (Fsp3) is 0.438. The molecule has 1 aromatic carbocycles. The van der Waals surface area contributed by atoms with Crippen molar-refractivity contribution in [2.75, 3.05) is 24.6 Å². The van der Waals surface area contributed by atoms with Crippen LogP contribution >= 0.6 is 15.9 Å². The number of piperazine rings is 1. The molecule has 2 saturated heterocycles. The summed E-state index contributed by atoms with van der Waals surface area (Å²) in [6.07, 6.45) is 0. The van der Waals surface area contributed by atoms with E-state index in [1.54, 1.807) is 6.92 Å². The van der Waals surface area contributed by atoms with Crippen LogP contribution in [0.1, 0.15) is 23.1 Å². The Morgan fingerprint density at radius 3 is 2.92 bits per heavy atom. The lowest BCUT2D eigenvalue weighted by molar-refractivity contribution is 0.0512. The molecule has 126 valence electrons. The summed E-state index contributed by atoms with van der Waals surface area (Å²) in [5, 5.41) is 3.94. The van der Waals surface area contributed by atoms with E-state index in [1.807, 2.05) is 13.0 Å². The van der Waals surface area contributed by atoms with Crippen molar-refractivity contribution in [1.29, 1.82) is 0 Å². The van der Waals surface area contributed by atoms with Crippen LogP contribution in [0.15, 0.2) is 10.5 Å². The Labute approximate surface area is 146 Å². The smallest absolute Gasteiger partial charge is 0.376 e. The Bertz CT molecular complexity index is 860. The summed E-state index contributed by atoms with van der Waals surface area (Å²) < 4.78 is 20.1. The third kappa shape index (κ3) is 2.20. The highest BCUT2D eigenvalue weighted by molar-refractivity contribution is 9.10. The standard InChI is InChI=1S/C16H16BrFN4O2/c1-3-24-16(23)14-20-13-8(4-7(2)11(17)12(13)18)15(21-14)22-6-9-10(22)5-19-9/h4,9-10,19H,3,5-6H2,1-2H3. The van der Waals surface area contributed by atoms with Crippen LogP contribution in [-0.4, -0.2) is 47.7 Å². The Balaban J connectivity index is 1.91. The number of rotatable bonds is 3. The Morgan fingerprint density at radius 1 is 1.54 bits per heavy atom. The number of nitrogens with one attached hydrogen (secondary N) is 1. The molecule has 3 heterocycles. The van der Waals surface area contributed by atoms with Crippen molar-refractivity contribution in [3.63, 3.8) is 0 Å². The van der Waals surface area contributed by atoms with Crippen LogP contribution in [0.3, 0.4) is 0 Å². The van der Waals surface area contributed by atoms with Crippen molar-refractivity contribution >= 4 is 38.6 Å². The highest BCUT2D eigenvalue weighted by atomic mass is 79.9. The number of hydrogen-bond donors (Lipinski definition) is 1. The maximum absolute atomic E-state index is 14.7. The minimum absolute atomic E-state index is 0.107. The van der Waals surface area contributed by atoms with Gasteiger partial charge in [0.05, 0.1) is 17.1 Å². The van der Waals surface area contributed by atoms with Gasteiger partial charge < -0.3 is 15.0 Å². The lowest BCUT2D eigenvalue weighted by Crippen LogP contribution is -2.78. The van der Waals surface area contributed by atoms with Crippen LogP contribution in [0.5, 0.6) is 0 Å². The number of halogens is 2. The second-order valence-electron chi connectivity index (χ2n) is 6.04. The van der Waals surface area contributed by atoms with E-state index in [-0.39, 0.29) is 17.9 Å². The molecule has 2 aliphatic rings. The lowest BCUT2D eigenvalue weighted by Gasteiger charge is -2.56. The number of carbonyl (C=O) groups is 1. The van der Waals surface area contributed by atoms with Crippen molar-refractivity contribution in [2.45, 2.75) is 25.9 Å². The van der Waals surface area contributed by atoms with E-state index in [4.69, 9.17) is 4.74 Å². The number of fused-ring (bicyclic) bond motifs is 2. The highest BCUT2D eigenvalue weighted by Crippen LogP contribution is 2.37. The van der Waals surface area contributed by atoms with Crippen molar-refractivity contribution in [1.82, 2.24) is 15.3 Å². The van der Waals surface area contributed by atoms with Gasteiger partial charge in [0.15, 0.2) is 5.82 Å². The topological polar surface area (TPSA) is 67.3 Å². The molecular weight excluding hydrogens is 379 g/mol. The quantitative estimate of drug-likeness (QED) is 0.804. The molecule has 2 aromatic rings. The maximum atomic E-state index is 14.7. The summed E-state index contributed by atoms with van der Waals surface area (Å²) in [6.45, 7) is 5.40. The number of hydrogen-bond acceptors (Lipinski definition) is 6. The fourth-order valence-corrected chi connectivity index (χ4v) is 3.48. The van der Waals surface area contributed by atoms with Gasteiger partial charge in [-0.2, -0.15) is 0 Å². The molecule has 1 N–H and O–H groups in total. The van der Waals surface area contributed by atoms with E-state index in [2.05, 4.69) is 36.1 Å². The molecule has 2 aliphatic heterocycles. The molecule has 1 aromatic heterocycles. The van der Waals surface area contributed by atoms with Crippen LogP contribution in [0.2, 0.25) is 0 Å². The van der Waals surface area contributed by atoms with Gasteiger partial charge in [-0.05, 0) is 41.4 Å². The zero-order valence-corrected chi connectivity index (χ0v) is 14.9. The highest BCUT2D eigenvalue weighted by Gasteiger charge is 2.46. The summed E-state index contributed by atoms with van der Waals surface area (Å²) in [6, 6.07) is 2.64. The molecule has 0 bridgehead atoms. The monoisotopic (exact) mass is 394 g/mol.